The summed E-state index contributed by atoms with van der Waals surface area (Å²) in [5, 5.41) is 11.8. The molecule has 1 aliphatic carbocycles. The van der Waals surface area contributed by atoms with Crippen molar-refractivity contribution in [2.45, 2.75) is 19.8 Å². The molecular weight excluding hydrogens is 348 g/mol. The third-order valence-electron chi connectivity index (χ3n) is 4.35. The van der Waals surface area contributed by atoms with Crippen LogP contribution >= 0.6 is 11.3 Å². The highest BCUT2D eigenvalue weighted by atomic mass is 32.1. The largest absolute Gasteiger partial charge is 0.382 e. The van der Waals surface area contributed by atoms with Gasteiger partial charge in [-0.1, -0.05) is 35.6 Å². The number of imidazole rings is 1. The minimum absolute atomic E-state index is 0.0277. The molecule has 0 atom stereocenters. The number of aryl methyl sites for hydroxylation is 1. The quantitative estimate of drug-likeness (QED) is 0.487. The highest BCUT2D eigenvalue weighted by Crippen LogP contribution is 2.33. The second-order valence-electron chi connectivity index (χ2n) is 6.31. The molecule has 1 aliphatic rings. The molecule has 8 heteroatoms. The Morgan fingerprint density at radius 2 is 2.15 bits per heavy atom. The SMILES string of the molecule is Cc1ccccc1-c1cncn1C(=N)c1sc(NC(=O)C2CC2)nc1N. The van der Waals surface area contributed by atoms with Gasteiger partial charge in [0.15, 0.2) is 11.0 Å². The van der Waals surface area contributed by atoms with E-state index in [9.17, 15) is 4.79 Å². The number of nitrogens with two attached hydrogens (primary N) is 1. The van der Waals surface area contributed by atoms with Crippen LogP contribution in [0.5, 0.6) is 0 Å². The molecule has 0 radical (unpaired) electrons. The van der Waals surface area contributed by atoms with Gasteiger partial charge in [-0.3, -0.25) is 14.8 Å². The number of anilines is 2. The Hall–Kier alpha value is -3.00. The lowest BCUT2D eigenvalue weighted by Crippen LogP contribution is -2.13. The van der Waals surface area contributed by atoms with E-state index in [1.54, 1.807) is 17.1 Å². The van der Waals surface area contributed by atoms with Gasteiger partial charge in [-0.2, -0.15) is 0 Å². The number of hydrogen-bond donors (Lipinski definition) is 3. The normalized spacial score (nSPS) is 13.6. The predicted molar refractivity (Wildman–Crippen MR) is 103 cm³/mol. The Balaban J connectivity index is 1.65. The molecule has 0 unspecified atom stereocenters. The summed E-state index contributed by atoms with van der Waals surface area (Å²) in [5.74, 6) is 0.475. The van der Waals surface area contributed by atoms with Gasteiger partial charge in [0.25, 0.3) is 0 Å². The Bertz CT molecular complexity index is 1000. The van der Waals surface area contributed by atoms with Crippen LogP contribution in [-0.2, 0) is 4.79 Å². The van der Waals surface area contributed by atoms with E-state index in [2.05, 4.69) is 15.3 Å². The second kappa shape index (κ2) is 6.38. The summed E-state index contributed by atoms with van der Waals surface area (Å²) in [4.78, 5) is 20.8. The van der Waals surface area contributed by atoms with Gasteiger partial charge in [0, 0.05) is 11.5 Å². The van der Waals surface area contributed by atoms with Crippen molar-refractivity contribution in [3.05, 3.63) is 47.2 Å². The number of hydrogen-bond acceptors (Lipinski definition) is 6. The van der Waals surface area contributed by atoms with Gasteiger partial charge in [0.05, 0.1) is 11.9 Å². The molecule has 3 aromatic rings. The lowest BCUT2D eigenvalue weighted by molar-refractivity contribution is -0.117. The van der Waals surface area contributed by atoms with Crippen molar-refractivity contribution in [2.24, 2.45) is 5.92 Å². The van der Waals surface area contributed by atoms with Crippen LogP contribution in [0.15, 0.2) is 36.8 Å². The number of thiazole rings is 1. The van der Waals surface area contributed by atoms with E-state index in [4.69, 9.17) is 11.1 Å². The van der Waals surface area contributed by atoms with Crippen molar-refractivity contribution in [1.29, 1.82) is 5.41 Å². The average Bonchev–Trinajstić information content (AvgIpc) is 3.26. The third kappa shape index (κ3) is 2.99. The minimum atomic E-state index is -0.0277. The number of rotatable bonds is 4. The molecule has 4 rings (SSSR count). The van der Waals surface area contributed by atoms with Crippen molar-refractivity contribution in [3.63, 3.8) is 0 Å². The van der Waals surface area contributed by atoms with Gasteiger partial charge in [-0.15, -0.1) is 0 Å². The van der Waals surface area contributed by atoms with Gasteiger partial charge in [-0.05, 0) is 25.3 Å². The number of nitrogens with one attached hydrogen (secondary N) is 2. The fraction of sp³-hybridized carbons (Fsp3) is 0.222. The zero-order chi connectivity index (χ0) is 18.3. The van der Waals surface area contributed by atoms with Crippen LogP contribution in [0.1, 0.15) is 23.3 Å². The topological polar surface area (TPSA) is 110 Å². The van der Waals surface area contributed by atoms with Gasteiger partial charge < -0.3 is 11.1 Å². The summed E-state index contributed by atoms with van der Waals surface area (Å²) in [6, 6.07) is 7.94. The van der Waals surface area contributed by atoms with Gasteiger partial charge >= 0.3 is 0 Å². The first-order chi connectivity index (χ1) is 12.5. The van der Waals surface area contributed by atoms with E-state index in [1.165, 1.54) is 11.3 Å². The molecule has 0 bridgehead atoms. The molecule has 1 aromatic carbocycles. The predicted octanol–water partition coefficient (Wildman–Crippen LogP) is 3.12. The average molecular weight is 366 g/mol. The zero-order valence-corrected chi connectivity index (χ0v) is 15.0. The van der Waals surface area contributed by atoms with Crippen LogP contribution in [0.2, 0.25) is 0 Å². The standard InChI is InChI=1S/C18H18N6OS/c1-10-4-2-3-5-12(10)13-8-21-9-24(13)16(20)14-15(19)22-18(26-14)23-17(25)11-6-7-11/h2-5,8-9,11,20H,6-7,19H2,1H3,(H,22,23,25). The molecule has 2 heterocycles. The summed E-state index contributed by atoms with van der Waals surface area (Å²) in [7, 11) is 0. The molecule has 2 aromatic heterocycles. The first-order valence-corrected chi connectivity index (χ1v) is 9.11. The molecular formula is C18H18N6OS. The molecule has 132 valence electrons. The maximum atomic E-state index is 11.9. The molecule has 1 amide bonds. The first kappa shape index (κ1) is 16.5. The zero-order valence-electron chi connectivity index (χ0n) is 14.2. The summed E-state index contributed by atoms with van der Waals surface area (Å²) in [5.41, 5.74) is 8.91. The molecule has 1 fully saturated rings. The first-order valence-electron chi connectivity index (χ1n) is 8.29. The highest BCUT2D eigenvalue weighted by Gasteiger charge is 2.30. The number of amides is 1. The van der Waals surface area contributed by atoms with Gasteiger partial charge in [0.1, 0.15) is 17.0 Å². The Morgan fingerprint density at radius 1 is 1.38 bits per heavy atom. The molecule has 4 N–H and O–H groups in total. The Kier molecular flexibility index (Phi) is 4.04. The Morgan fingerprint density at radius 3 is 2.88 bits per heavy atom. The molecule has 0 saturated heterocycles. The Labute approximate surface area is 154 Å². The minimum Gasteiger partial charge on any atom is -0.382 e. The maximum absolute atomic E-state index is 11.9. The molecule has 26 heavy (non-hydrogen) atoms. The number of benzene rings is 1. The summed E-state index contributed by atoms with van der Waals surface area (Å²) < 4.78 is 1.68. The van der Waals surface area contributed by atoms with E-state index >= 15 is 0 Å². The molecule has 7 nitrogen and oxygen atoms in total. The monoisotopic (exact) mass is 366 g/mol. The van der Waals surface area contributed by atoms with E-state index < -0.39 is 0 Å². The third-order valence-corrected chi connectivity index (χ3v) is 5.34. The second-order valence-corrected chi connectivity index (χ2v) is 7.31. The van der Waals surface area contributed by atoms with Crippen LogP contribution in [0.25, 0.3) is 11.3 Å². The number of aromatic nitrogens is 3. The van der Waals surface area contributed by atoms with Crippen molar-refractivity contribution in [3.8, 4) is 11.3 Å². The molecule has 0 aliphatic heterocycles. The lowest BCUT2D eigenvalue weighted by atomic mass is 10.1. The van der Waals surface area contributed by atoms with Gasteiger partial charge in [0.2, 0.25) is 5.91 Å². The van der Waals surface area contributed by atoms with E-state index in [0.29, 0.717) is 10.0 Å². The van der Waals surface area contributed by atoms with Crippen molar-refractivity contribution in [1.82, 2.24) is 14.5 Å². The smallest absolute Gasteiger partial charge is 0.229 e. The summed E-state index contributed by atoms with van der Waals surface area (Å²) in [6.07, 6.45) is 5.16. The summed E-state index contributed by atoms with van der Waals surface area (Å²) >= 11 is 1.21. The number of nitrogens with zero attached hydrogens (tertiary/aromatic N) is 3. The van der Waals surface area contributed by atoms with Crippen LogP contribution in [0.3, 0.4) is 0 Å². The van der Waals surface area contributed by atoms with Crippen molar-refractivity contribution < 1.29 is 4.79 Å². The van der Waals surface area contributed by atoms with Crippen LogP contribution in [0, 0.1) is 18.3 Å². The van der Waals surface area contributed by atoms with E-state index in [1.807, 2.05) is 31.2 Å². The fourth-order valence-corrected chi connectivity index (χ4v) is 3.58. The van der Waals surface area contributed by atoms with E-state index in [-0.39, 0.29) is 23.5 Å². The van der Waals surface area contributed by atoms with Crippen molar-refractivity contribution in [2.75, 3.05) is 11.1 Å². The van der Waals surface area contributed by atoms with Crippen LogP contribution in [-0.4, -0.2) is 26.3 Å². The number of carbonyl (C=O) groups excluding carboxylic acids is 1. The number of carbonyl (C=O) groups is 1. The van der Waals surface area contributed by atoms with Gasteiger partial charge in [-0.25, -0.2) is 9.97 Å². The summed E-state index contributed by atoms with van der Waals surface area (Å²) in [6.45, 7) is 2.02. The number of nitrogen functional groups attached to an aromatic ring is 1. The lowest BCUT2D eigenvalue weighted by Gasteiger charge is -2.10. The van der Waals surface area contributed by atoms with E-state index in [0.717, 1.165) is 29.7 Å². The highest BCUT2D eigenvalue weighted by molar-refractivity contribution is 7.18. The van der Waals surface area contributed by atoms with Crippen LogP contribution in [0.4, 0.5) is 10.9 Å². The maximum Gasteiger partial charge on any atom is 0.229 e. The van der Waals surface area contributed by atoms with Crippen molar-refractivity contribution >= 4 is 34.0 Å². The molecule has 0 spiro atoms. The van der Waals surface area contributed by atoms with Crippen LogP contribution < -0.4 is 11.1 Å². The molecule has 1 saturated carbocycles. The fourth-order valence-electron chi connectivity index (χ4n) is 2.75.